The van der Waals surface area contributed by atoms with Crippen LogP contribution in [-0.4, -0.2) is 32.3 Å². The van der Waals surface area contributed by atoms with Crippen LogP contribution >= 0.6 is 11.8 Å². The summed E-state index contributed by atoms with van der Waals surface area (Å²) in [4.78, 5) is 4.26. The lowest BCUT2D eigenvalue weighted by Gasteiger charge is -2.07. The van der Waals surface area contributed by atoms with Gasteiger partial charge in [0.15, 0.2) is 0 Å². The van der Waals surface area contributed by atoms with Gasteiger partial charge in [0.05, 0.1) is 18.5 Å². The third kappa shape index (κ3) is 4.91. The zero-order chi connectivity index (χ0) is 19.9. The molecule has 0 aliphatic rings. The Morgan fingerprint density at radius 1 is 0.931 bits per heavy atom. The molecule has 4 aromatic rings. The lowest BCUT2D eigenvalue weighted by atomic mass is 10.2. The molecule has 0 spiro atoms. The molecule has 4 rings (SSSR count). The first-order chi connectivity index (χ1) is 14.3. The largest absolute Gasteiger partial charge is 0.497 e. The normalized spacial score (nSPS) is 10.7. The summed E-state index contributed by atoms with van der Waals surface area (Å²) < 4.78 is 12.7. The Labute approximate surface area is 172 Å². The predicted molar refractivity (Wildman–Crippen MR) is 110 cm³/mol. The number of ether oxygens (including phenoxy) is 2. The number of rotatable bonds is 8. The van der Waals surface area contributed by atoms with E-state index in [9.17, 15) is 0 Å². The molecule has 0 N–H and O–H groups in total. The Kier molecular flexibility index (Phi) is 6.01. The standard InChI is InChI=1S/C21H19N5O2S/c1-27-19-11-7-18(8-12-19)26-21(23-24-25-26)29-15-16-5-9-20(10-6-16)28-14-17-4-2-3-13-22-17/h2-13H,14-15H2,1H3. The average molecular weight is 405 g/mol. The molecular weight excluding hydrogens is 386 g/mol. The van der Waals surface area contributed by atoms with Crippen LogP contribution in [0.1, 0.15) is 11.3 Å². The Morgan fingerprint density at radius 3 is 2.45 bits per heavy atom. The summed E-state index contributed by atoms with van der Waals surface area (Å²) in [5.41, 5.74) is 2.94. The fraction of sp³-hybridized carbons (Fsp3) is 0.143. The maximum absolute atomic E-state index is 5.78. The van der Waals surface area contributed by atoms with Crippen LogP contribution in [-0.2, 0) is 12.4 Å². The lowest BCUT2D eigenvalue weighted by molar-refractivity contribution is 0.301. The van der Waals surface area contributed by atoms with Crippen molar-refractivity contribution in [2.75, 3.05) is 7.11 Å². The van der Waals surface area contributed by atoms with Crippen molar-refractivity contribution >= 4 is 11.8 Å². The molecule has 8 heteroatoms. The van der Waals surface area contributed by atoms with Gasteiger partial charge in [-0.15, -0.1) is 5.10 Å². The quantitative estimate of drug-likeness (QED) is 0.411. The molecule has 0 bridgehead atoms. The molecule has 2 aromatic carbocycles. The Bertz CT molecular complexity index is 1040. The van der Waals surface area contributed by atoms with E-state index < -0.39 is 0 Å². The smallest absolute Gasteiger partial charge is 0.214 e. The van der Waals surface area contributed by atoms with Crippen LogP contribution < -0.4 is 9.47 Å². The van der Waals surface area contributed by atoms with Crippen molar-refractivity contribution in [3.8, 4) is 17.2 Å². The van der Waals surface area contributed by atoms with Crippen LogP contribution in [0.15, 0.2) is 78.1 Å². The van der Waals surface area contributed by atoms with Crippen LogP contribution in [0.5, 0.6) is 11.5 Å². The Morgan fingerprint density at radius 2 is 1.72 bits per heavy atom. The van der Waals surface area contributed by atoms with Gasteiger partial charge in [0.25, 0.3) is 0 Å². The maximum Gasteiger partial charge on any atom is 0.214 e. The first kappa shape index (κ1) is 18.9. The Hall–Kier alpha value is -3.39. The second kappa shape index (κ2) is 9.20. The van der Waals surface area contributed by atoms with Gasteiger partial charge >= 0.3 is 0 Å². The zero-order valence-electron chi connectivity index (χ0n) is 15.8. The van der Waals surface area contributed by atoms with E-state index in [1.165, 1.54) is 0 Å². The molecule has 0 amide bonds. The van der Waals surface area contributed by atoms with Gasteiger partial charge in [0, 0.05) is 11.9 Å². The van der Waals surface area contributed by atoms with Crippen molar-refractivity contribution in [1.29, 1.82) is 0 Å². The molecule has 29 heavy (non-hydrogen) atoms. The summed E-state index contributed by atoms with van der Waals surface area (Å²) in [7, 11) is 1.64. The van der Waals surface area contributed by atoms with E-state index in [1.807, 2.05) is 66.7 Å². The van der Waals surface area contributed by atoms with Crippen LogP contribution in [0.4, 0.5) is 0 Å². The van der Waals surface area contributed by atoms with E-state index in [-0.39, 0.29) is 0 Å². The van der Waals surface area contributed by atoms with Crippen LogP contribution in [0.25, 0.3) is 5.69 Å². The number of tetrazole rings is 1. The molecule has 0 unspecified atom stereocenters. The summed E-state index contributed by atoms with van der Waals surface area (Å²) in [5, 5.41) is 12.8. The molecular formula is C21H19N5O2S. The summed E-state index contributed by atoms with van der Waals surface area (Å²) in [6.45, 7) is 0.450. The number of aromatic nitrogens is 5. The van der Waals surface area contributed by atoms with Crippen LogP contribution in [0, 0.1) is 0 Å². The fourth-order valence-corrected chi connectivity index (χ4v) is 3.47. The summed E-state index contributed by atoms with van der Waals surface area (Å²) >= 11 is 1.57. The number of thioether (sulfide) groups is 1. The van der Waals surface area contributed by atoms with Gasteiger partial charge in [-0.3, -0.25) is 4.98 Å². The molecule has 2 heterocycles. The lowest BCUT2D eigenvalue weighted by Crippen LogP contribution is -1.99. The Balaban J connectivity index is 1.35. The highest BCUT2D eigenvalue weighted by Crippen LogP contribution is 2.24. The van der Waals surface area contributed by atoms with Crippen molar-refractivity contribution in [1.82, 2.24) is 25.2 Å². The summed E-state index contributed by atoms with van der Waals surface area (Å²) in [6, 6.07) is 21.4. The number of hydrogen-bond donors (Lipinski definition) is 0. The minimum absolute atomic E-state index is 0.450. The third-order valence-electron chi connectivity index (χ3n) is 4.16. The molecule has 146 valence electrons. The monoisotopic (exact) mass is 405 g/mol. The SMILES string of the molecule is COc1ccc(-n2nnnc2SCc2ccc(OCc3ccccn3)cc2)cc1. The van der Waals surface area contributed by atoms with Crippen LogP contribution in [0.2, 0.25) is 0 Å². The van der Waals surface area contributed by atoms with Gasteiger partial charge in [-0.25, -0.2) is 0 Å². The summed E-state index contributed by atoms with van der Waals surface area (Å²) in [6.07, 6.45) is 1.76. The minimum atomic E-state index is 0.450. The van der Waals surface area contributed by atoms with Crippen molar-refractivity contribution in [3.63, 3.8) is 0 Å². The van der Waals surface area contributed by atoms with Gasteiger partial charge in [-0.1, -0.05) is 30.0 Å². The van der Waals surface area contributed by atoms with E-state index >= 15 is 0 Å². The van der Waals surface area contributed by atoms with Crippen molar-refractivity contribution in [3.05, 3.63) is 84.2 Å². The zero-order valence-corrected chi connectivity index (χ0v) is 16.6. The highest BCUT2D eigenvalue weighted by molar-refractivity contribution is 7.98. The van der Waals surface area contributed by atoms with E-state index in [0.29, 0.717) is 6.61 Å². The second-order valence-electron chi connectivity index (χ2n) is 6.11. The molecule has 0 fully saturated rings. The van der Waals surface area contributed by atoms with E-state index in [2.05, 4.69) is 20.5 Å². The van der Waals surface area contributed by atoms with Gasteiger partial charge in [0.1, 0.15) is 18.1 Å². The number of pyridine rings is 1. The topological polar surface area (TPSA) is 75.0 Å². The molecule has 0 atom stereocenters. The van der Waals surface area contributed by atoms with Crippen LogP contribution in [0.3, 0.4) is 0 Å². The van der Waals surface area contributed by atoms with Gasteiger partial charge < -0.3 is 9.47 Å². The number of hydrogen-bond acceptors (Lipinski definition) is 7. The molecule has 0 aliphatic carbocycles. The summed E-state index contributed by atoms with van der Waals surface area (Å²) in [5.74, 6) is 2.35. The molecule has 2 aromatic heterocycles. The van der Waals surface area contributed by atoms with Gasteiger partial charge in [0.2, 0.25) is 5.16 Å². The van der Waals surface area contributed by atoms with Gasteiger partial charge in [-0.2, -0.15) is 4.68 Å². The van der Waals surface area contributed by atoms with Crippen molar-refractivity contribution in [2.24, 2.45) is 0 Å². The van der Waals surface area contributed by atoms with Crippen molar-refractivity contribution in [2.45, 2.75) is 17.5 Å². The maximum atomic E-state index is 5.78. The number of benzene rings is 2. The number of methoxy groups -OCH3 is 1. The van der Waals surface area contributed by atoms with Crippen molar-refractivity contribution < 1.29 is 9.47 Å². The minimum Gasteiger partial charge on any atom is -0.497 e. The first-order valence-electron chi connectivity index (χ1n) is 8.99. The molecule has 0 radical (unpaired) electrons. The second-order valence-corrected chi connectivity index (χ2v) is 7.06. The molecule has 7 nitrogen and oxygen atoms in total. The highest BCUT2D eigenvalue weighted by atomic mass is 32.2. The molecule has 0 aliphatic heterocycles. The average Bonchev–Trinajstić information content (AvgIpc) is 3.26. The predicted octanol–water partition coefficient (Wildman–Crippen LogP) is 3.94. The first-order valence-corrected chi connectivity index (χ1v) is 9.97. The van der Waals surface area contributed by atoms with E-state index in [0.717, 1.165) is 39.4 Å². The fourth-order valence-electron chi connectivity index (χ4n) is 2.62. The highest BCUT2D eigenvalue weighted by Gasteiger charge is 2.09. The molecule has 0 saturated heterocycles. The third-order valence-corrected chi connectivity index (χ3v) is 5.15. The van der Waals surface area contributed by atoms with Gasteiger partial charge in [-0.05, 0) is 64.5 Å². The van der Waals surface area contributed by atoms with E-state index in [4.69, 9.17) is 9.47 Å². The molecule has 0 saturated carbocycles. The van der Waals surface area contributed by atoms with E-state index in [1.54, 1.807) is 29.8 Å². The number of nitrogens with zero attached hydrogens (tertiary/aromatic N) is 5.